The standard InChI is InChI=1S/C2H7BIN/c3-1-5-2-4/h5H,1-3H2. The van der Waals surface area contributed by atoms with Crippen molar-refractivity contribution in [1.29, 1.82) is 0 Å². The van der Waals surface area contributed by atoms with Crippen molar-refractivity contribution in [2.45, 2.75) is 0 Å². The summed E-state index contributed by atoms with van der Waals surface area (Å²) in [7, 11) is 2.10. The minimum atomic E-state index is 1.06. The summed E-state index contributed by atoms with van der Waals surface area (Å²) in [5.41, 5.74) is 0. The fourth-order valence-corrected chi connectivity index (χ4v) is 0.634. The Kier molecular flexibility index (Phi) is 5.47. The van der Waals surface area contributed by atoms with Crippen LogP contribution in [0.3, 0.4) is 0 Å². The molecule has 1 N–H and O–H groups in total. The summed E-state index contributed by atoms with van der Waals surface area (Å²) in [6.07, 6.45) is 1.09. The molecule has 0 aliphatic heterocycles. The first kappa shape index (κ1) is 5.75. The lowest BCUT2D eigenvalue weighted by Crippen LogP contribution is -2.10. The molecular weight excluding hydrogens is 176 g/mol. The van der Waals surface area contributed by atoms with E-state index in [2.05, 4.69) is 35.8 Å². The molecule has 0 radical (unpaired) electrons. The molecule has 0 bridgehead atoms. The molecule has 0 aromatic heterocycles. The molecule has 0 rings (SSSR count). The van der Waals surface area contributed by atoms with Gasteiger partial charge in [-0.2, -0.15) is 0 Å². The Labute approximate surface area is 47.1 Å². The van der Waals surface area contributed by atoms with Crippen LogP contribution in [0.2, 0.25) is 0 Å². The number of rotatable bonds is 2. The lowest BCUT2D eigenvalue weighted by atomic mass is 10.2. The minimum Gasteiger partial charge on any atom is -0.316 e. The zero-order chi connectivity index (χ0) is 4.12. The smallest absolute Gasteiger partial charge is 0.119 e. The Morgan fingerprint density at radius 3 is 2.40 bits per heavy atom. The van der Waals surface area contributed by atoms with Gasteiger partial charge in [0.15, 0.2) is 0 Å². The van der Waals surface area contributed by atoms with Gasteiger partial charge in [0, 0.05) is 4.55 Å². The first-order valence-electron chi connectivity index (χ1n) is 1.68. The quantitative estimate of drug-likeness (QED) is 0.264. The van der Waals surface area contributed by atoms with Crippen LogP contribution in [-0.4, -0.2) is 18.8 Å². The molecule has 0 spiro atoms. The molecule has 0 amide bonds. The van der Waals surface area contributed by atoms with Crippen molar-refractivity contribution < 1.29 is 0 Å². The summed E-state index contributed by atoms with van der Waals surface area (Å²) in [6.45, 7) is 0. The van der Waals surface area contributed by atoms with E-state index in [-0.39, 0.29) is 0 Å². The Morgan fingerprint density at radius 1 is 1.80 bits per heavy atom. The maximum Gasteiger partial charge on any atom is 0.119 e. The third-order valence-corrected chi connectivity index (χ3v) is 0.884. The highest BCUT2D eigenvalue weighted by molar-refractivity contribution is 14.1. The molecule has 0 aromatic carbocycles. The van der Waals surface area contributed by atoms with Crippen LogP contribution in [0.15, 0.2) is 0 Å². The van der Waals surface area contributed by atoms with Crippen LogP contribution < -0.4 is 5.32 Å². The highest BCUT2D eigenvalue weighted by Gasteiger charge is 1.65. The predicted molar refractivity (Wildman–Crippen MR) is 35.4 cm³/mol. The van der Waals surface area contributed by atoms with Crippen molar-refractivity contribution in [3.05, 3.63) is 0 Å². The third kappa shape index (κ3) is 4.75. The highest BCUT2D eigenvalue weighted by atomic mass is 127. The maximum atomic E-state index is 3.10. The van der Waals surface area contributed by atoms with Crippen LogP contribution in [0.5, 0.6) is 0 Å². The molecule has 0 atom stereocenters. The second kappa shape index (κ2) is 4.75. The number of hydrogen-bond donors (Lipinski definition) is 1. The minimum absolute atomic E-state index is 1.06. The van der Waals surface area contributed by atoms with Crippen LogP contribution in [0, 0.1) is 0 Å². The topological polar surface area (TPSA) is 12.0 Å². The molecule has 0 aliphatic carbocycles. The summed E-state index contributed by atoms with van der Waals surface area (Å²) in [6, 6.07) is 0. The summed E-state index contributed by atoms with van der Waals surface area (Å²) >= 11 is 2.28. The van der Waals surface area contributed by atoms with E-state index in [4.69, 9.17) is 0 Å². The Hall–Kier alpha value is 0.755. The molecule has 5 heavy (non-hydrogen) atoms. The molecule has 30 valence electrons. The number of nitrogens with one attached hydrogen (secondary N) is 1. The molecule has 0 heterocycles. The Morgan fingerprint density at radius 2 is 2.40 bits per heavy atom. The van der Waals surface area contributed by atoms with Crippen LogP contribution in [-0.2, 0) is 0 Å². The summed E-state index contributed by atoms with van der Waals surface area (Å²) < 4.78 is 1.06. The number of halogens is 1. The summed E-state index contributed by atoms with van der Waals surface area (Å²) in [5.74, 6) is 0. The lowest BCUT2D eigenvalue weighted by molar-refractivity contribution is 0.960. The molecule has 0 unspecified atom stereocenters. The number of alkyl halides is 1. The van der Waals surface area contributed by atoms with Gasteiger partial charge in [0.05, 0.1) is 0 Å². The Balaban J connectivity index is 2.19. The second-order valence-corrected chi connectivity index (χ2v) is 1.50. The maximum absolute atomic E-state index is 3.10. The molecule has 0 saturated carbocycles. The fourth-order valence-electron chi connectivity index (χ4n) is 0.0945. The molecular formula is C2H7BIN. The van der Waals surface area contributed by atoms with E-state index in [9.17, 15) is 0 Å². The van der Waals surface area contributed by atoms with Crippen molar-refractivity contribution in [2.24, 2.45) is 0 Å². The monoisotopic (exact) mass is 183 g/mol. The van der Waals surface area contributed by atoms with Gasteiger partial charge in [0.25, 0.3) is 0 Å². The fraction of sp³-hybridized carbons (Fsp3) is 1.00. The van der Waals surface area contributed by atoms with E-state index >= 15 is 0 Å². The molecule has 0 aliphatic rings. The van der Waals surface area contributed by atoms with Gasteiger partial charge < -0.3 is 5.32 Å². The van der Waals surface area contributed by atoms with Crippen molar-refractivity contribution in [1.82, 2.24) is 5.32 Å². The molecule has 0 aromatic rings. The largest absolute Gasteiger partial charge is 0.316 e. The summed E-state index contributed by atoms with van der Waals surface area (Å²) in [4.78, 5) is 0. The van der Waals surface area contributed by atoms with Crippen LogP contribution >= 0.6 is 22.6 Å². The third-order valence-electron chi connectivity index (χ3n) is 0.344. The van der Waals surface area contributed by atoms with E-state index in [1.807, 2.05) is 0 Å². The zero-order valence-corrected chi connectivity index (χ0v) is 5.45. The first-order valence-corrected chi connectivity index (χ1v) is 3.21. The SMILES string of the molecule is BCNCI. The molecule has 3 heteroatoms. The molecule has 1 nitrogen and oxygen atoms in total. The van der Waals surface area contributed by atoms with E-state index in [1.54, 1.807) is 0 Å². The Bertz CT molecular complexity index is 17.1. The predicted octanol–water partition coefficient (Wildman–Crippen LogP) is -0.441. The summed E-state index contributed by atoms with van der Waals surface area (Å²) in [5, 5.41) is 3.10. The zero-order valence-electron chi connectivity index (χ0n) is 3.29. The average molecular weight is 183 g/mol. The van der Waals surface area contributed by atoms with Gasteiger partial charge in [-0.1, -0.05) is 22.6 Å². The van der Waals surface area contributed by atoms with Crippen LogP contribution in [0.25, 0.3) is 0 Å². The van der Waals surface area contributed by atoms with Crippen molar-refractivity contribution >= 4 is 30.4 Å². The first-order chi connectivity index (χ1) is 2.41. The van der Waals surface area contributed by atoms with Crippen molar-refractivity contribution in [2.75, 3.05) is 11.0 Å². The highest BCUT2D eigenvalue weighted by Crippen LogP contribution is 1.67. The van der Waals surface area contributed by atoms with E-state index < -0.39 is 0 Å². The van der Waals surface area contributed by atoms with E-state index in [1.165, 1.54) is 0 Å². The van der Waals surface area contributed by atoms with Gasteiger partial charge in [-0.05, 0) is 6.44 Å². The van der Waals surface area contributed by atoms with E-state index in [0.717, 1.165) is 11.0 Å². The molecule has 0 fully saturated rings. The van der Waals surface area contributed by atoms with Gasteiger partial charge >= 0.3 is 0 Å². The van der Waals surface area contributed by atoms with Gasteiger partial charge in [0.2, 0.25) is 0 Å². The van der Waals surface area contributed by atoms with Gasteiger partial charge in [-0.3, -0.25) is 0 Å². The van der Waals surface area contributed by atoms with Gasteiger partial charge in [-0.15, -0.1) is 0 Å². The van der Waals surface area contributed by atoms with Crippen LogP contribution in [0.4, 0.5) is 0 Å². The van der Waals surface area contributed by atoms with Crippen molar-refractivity contribution in [3.63, 3.8) is 0 Å². The molecule has 0 saturated heterocycles. The number of hydrogen-bond acceptors (Lipinski definition) is 1. The van der Waals surface area contributed by atoms with Gasteiger partial charge in [-0.25, -0.2) is 0 Å². The lowest BCUT2D eigenvalue weighted by Gasteiger charge is -1.84. The van der Waals surface area contributed by atoms with Crippen molar-refractivity contribution in [3.8, 4) is 0 Å². The average Bonchev–Trinajstić information content (AvgIpc) is 1.41. The second-order valence-electron chi connectivity index (χ2n) is 0.737. The normalized spacial score (nSPS) is 8.20. The van der Waals surface area contributed by atoms with Gasteiger partial charge in [0.1, 0.15) is 7.85 Å². The van der Waals surface area contributed by atoms with Crippen LogP contribution in [0.1, 0.15) is 0 Å². The van der Waals surface area contributed by atoms with E-state index in [0.29, 0.717) is 0 Å².